The largest absolute Gasteiger partial charge is 0.494 e. The zero-order valence-electron chi connectivity index (χ0n) is 44.9. The molecule has 0 bridgehead atoms. The molecule has 2 N–H and O–H groups in total. The highest BCUT2D eigenvalue weighted by atomic mass is 32.1. The molecule has 19 heteroatoms. The van der Waals surface area contributed by atoms with E-state index in [9.17, 15) is 24.9 Å². The number of hydrogen-bond acceptors (Lipinski definition) is 19. The zero-order chi connectivity index (χ0) is 55.4. The third-order valence-electron chi connectivity index (χ3n) is 14.4. The van der Waals surface area contributed by atoms with Gasteiger partial charge < -0.3 is 33.5 Å². The number of aromatic nitrogens is 1. The van der Waals surface area contributed by atoms with Gasteiger partial charge in [-0.25, -0.2) is 24.3 Å². The summed E-state index contributed by atoms with van der Waals surface area (Å²) in [5.41, 5.74) is 2.40. The van der Waals surface area contributed by atoms with Crippen molar-refractivity contribution < 1.29 is 77.9 Å². The summed E-state index contributed by atoms with van der Waals surface area (Å²) in [5.74, 6) is 1.97. The van der Waals surface area contributed by atoms with Crippen molar-refractivity contribution in [3.05, 3.63) is 115 Å². The molecule has 0 spiro atoms. The number of nitrogens with zero attached hydrogens (tertiary/aromatic N) is 1. The average molecular weight is 1130 g/mol. The van der Waals surface area contributed by atoms with Crippen LogP contribution in [0.1, 0.15) is 132 Å². The summed E-state index contributed by atoms with van der Waals surface area (Å²) in [4.78, 5) is 73.8. The summed E-state index contributed by atoms with van der Waals surface area (Å²) in [7, 11) is 0. The maximum Gasteiger partial charge on any atom is 0.330 e. The van der Waals surface area contributed by atoms with E-state index in [4.69, 9.17) is 58.0 Å². The average Bonchev–Trinajstić information content (AvgIpc) is 4.40. The minimum absolute atomic E-state index is 0.0188. The van der Waals surface area contributed by atoms with E-state index in [1.807, 2.05) is 78.2 Å². The van der Waals surface area contributed by atoms with Crippen molar-refractivity contribution in [2.45, 2.75) is 121 Å². The Morgan fingerprint density at radius 1 is 0.595 bits per heavy atom. The van der Waals surface area contributed by atoms with Crippen molar-refractivity contribution in [2.24, 2.45) is 23.7 Å². The van der Waals surface area contributed by atoms with Crippen LogP contribution in [0, 0.1) is 23.7 Å². The lowest BCUT2D eigenvalue weighted by atomic mass is 9.78. The van der Waals surface area contributed by atoms with Crippen molar-refractivity contribution in [2.75, 3.05) is 46.2 Å². The van der Waals surface area contributed by atoms with Crippen molar-refractivity contribution in [3.63, 3.8) is 0 Å². The standard InChI is InChI=1S/C60H75NO16S2/c1-3-53(62)69-36-11-7-5-10-35-68-48-27-29-49(30-28-48)76-72-40-42-17-21-46(22-18-42)58(75-66)50-31-32-51(56-59(50)79-60(61-56)52-14-13-39-78-52)77-73-41-43-15-19-44(20-16-43)57(74-65)45-23-25-47(26-24-45)67-34-9-6-8-12-37-70-55(64)33-38-71-54(63)4-2/h3-4,13-14,23-32,39,42-44,46,57-58,65-66H,1-2,5-12,15-22,33-38,40-41H2. The molecule has 0 amide bonds. The minimum Gasteiger partial charge on any atom is -0.494 e. The summed E-state index contributed by atoms with van der Waals surface area (Å²) in [6.07, 6.45) is 15.2. The van der Waals surface area contributed by atoms with Crippen LogP contribution in [-0.2, 0) is 48.1 Å². The van der Waals surface area contributed by atoms with Crippen molar-refractivity contribution in [3.8, 4) is 32.9 Å². The first-order chi connectivity index (χ1) is 38.7. The van der Waals surface area contributed by atoms with E-state index in [0.717, 1.165) is 146 Å². The molecule has 2 aliphatic rings. The lowest BCUT2D eigenvalue weighted by Crippen LogP contribution is -2.25. The van der Waals surface area contributed by atoms with Gasteiger partial charge in [0.05, 0.1) is 55.6 Å². The summed E-state index contributed by atoms with van der Waals surface area (Å²) in [6.45, 7) is 9.40. The monoisotopic (exact) mass is 1130 g/mol. The van der Waals surface area contributed by atoms with E-state index < -0.39 is 24.1 Å². The Morgan fingerprint density at radius 2 is 1.13 bits per heavy atom. The zero-order valence-corrected chi connectivity index (χ0v) is 46.5. The number of fused-ring (bicyclic) bond motifs is 1. The number of carbonyl (C=O) groups excluding carboxylic acids is 3. The first kappa shape index (κ1) is 60.7. The number of rotatable bonds is 36. The Labute approximate surface area is 470 Å². The molecule has 3 aromatic carbocycles. The van der Waals surface area contributed by atoms with Gasteiger partial charge in [-0.15, -0.1) is 22.7 Å². The van der Waals surface area contributed by atoms with Crippen LogP contribution >= 0.6 is 22.7 Å². The number of benzene rings is 3. The Morgan fingerprint density at radius 3 is 1.70 bits per heavy atom. The molecular formula is C60H75NO16S2. The lowest BCUT2D eigenvalue weighted by molar-refractivity contribution is -0.296. The predicted octanol–water partition coefficient (Wildman–Crippen LogP) is 14.0. The van der Waals surface area contributed by atoms with E-state index in [0.29, 0.717) is 56.7 Å². The molecule has 0 aliphatic heterocycles. The quantitative estimate of drug-likeness (QED) is 0.00955. The van der Waals surface area contributed by atoms with Crippen LogP contribution in [0.4, 0.5) is 0 Å². The highest BCUT2D eigenvalue weighted by molar-refractivity contribution is 7.25. The van der Waals surface area contributed by atoms with Gasteiger partial charge in [-0.1, -0.05) is 37.4 Å². The van der Waals surface area contributed by atoms with E-state index in [1.54, 1.807) is 22.7 Å². The molecule has 2 aromatic heterocycles. The Hall–Kier alpha value is -5.90. The molecule has 2 saturated carbocycles. The molecule has 2 heterocycles. The molecule has 7 rings (SSSR count). The number of unbranched alkanes of at least 4 members (excludes halogenated alkanes) is 6. The van der Waals surface area contributed by atoms with E-state index in [1.165, 1.54) is 6.08 Å². The van der Waals surface area contributed by atoms with Crippen molar-refractivity contribution in [1.29, 1.82) is 0 Å². The van der Waals surface area contributed by atoms with Gasteiger partial charge >= 0.3 is 17.9 Å². The van der Waals surface area contributed by atoms with Gasteiger partial charge in [-0.2, -0.15) is 9.78 Å². The predicted molar refractivity (Wildman–Crippen MR) is 299 cm³/mol. The Balaban J connectivity index is 0.804. The maximum atomic E-state index is 11.8. The first-order valence-electron chi connectivity index (χ1n) is 27.6. The molecule has 2 aliphatic carbocycles. The van der Waals surface area contributed by atoms with E-state index in [-0.39, 0.29) is 42.7 Å². The van der Waals surface area contributed by atoms with Crippen LogP contribution in [0.25, 0.3) is 20.1 Å². The second kappa shape index (κ2) is 33.6. The normalized spacial score (nSPS) is 18.0. The van der Waals surface area contributed by atoms with Crippen molar-refractivity contribution in [1.82, 2.24) is 4.98 Å². The van der Waals surface area contributed by atoms with Crippen LogP contribution in [-0.4, -0.2) is 79.7 Å². The topological polar surface area (TPSA) is 206 Å². The van der Waals surface area contributed by atoms with Crippen LogP contribution in [0.3, 0.4) is 0 Å². The van der Waals surface area contributed by atoms with Crippen LogP contribution in [0.2, 0.25) is 0 Å². The Bertz CT molecular complexity index is 2590. The van der Waals surface area contributed by atoms with E-state index >= 15 is 0 Å². The lowest BCUT2D eigenvalue weighted by Gasteiger charge is -2.32. The second-order valence-electron chi connectivity index (χ2n) is 20.0. The number of thiazole rings is 1. The molecule has 0 saturated heterocycles. The third-order valence-corrected chi connectivity index (χ3v) is 16.5. The molecule has 5 aromatic rings. The van der Waals surface area contributed by atoms with Crippen LogP contribution in [0.15, 0.2) is 103 Å². The summed E-state index contributed by atoms with van der Waals surface area (Å²) < 4.78 is 27.7. The molecule has 0 radical (unpaired) electrons. The number of esters is 3. The molecule has 428 valence electrons. The highest BCUT2D eigenvalue weighted by Gasteiger charge is 2.34. The molecule has 2 fully saturated rings. The molecule has 2 unspecified atom stereocenters. The van der Waals surface area contributed by atoms with Gasteiger partial charge in [-0.05, 0) is 186 Å². The summed E-state index contributed by atoms with van der Waals surface area (Å²) in [5, 5.41) is 23.4. The van der Waals surface area contributed by atoms with Gasteiger partial charge in [-0.3, -0.25) is 15.3 Å². The van der Waals surface area contributed by atoms with Gasteiger partial charge in [0, 0.05) is 17.7 Å². The van der Waals surface area contributed by atoms with E-state index in [2.05, 4.69) is 13.2 Å². The van der Waals surface area contributed by atoms with Crippen molar-refractivity contribution >= 4 is 50.8 Å². The molecule has 2 atom stereocenters. The van der Waals surface area contributed by atoms with Gasteiger partial charge in [0.25, 0.3) is 0 Å². The third kappa shape index (κ3) is 19.7. The fraction of sp³-hybridized carbons (Fsp3) is 0.500. The first-order valence-corrected chi connectivity index (χ1v) is 29.3. The molecular weight excluding hydrogens is 1050 g/mol. The molecule has 79 heavy (non-hydrogen) atoms. The summed E-state index contributed by atoms with van der Waals surface area (Å²) in [6, 6.07) is 22.9. The SMILES string of the molecule is C=CC(=O)OCCCCCCOc1ccc(OOCC2CCC(C(OO)c3ccc(OOCC4CCC(C(OO)c5ccc(OCCCCCCOC(=O)CCOC(=O)C=C)cc5)CC4)c4nc(-c5cccs5)sc34)CC2)cc1. The number of hydrogen-bond donors (Lipinski definition) is 2. The molecule has 17 nitrogen and oxygen atoms in total. The number of ether oxygens (including phenoxy) is 5. The number of carbonyl (C=O) groups is 3. The minimum atomic E-state index is -0.564. The number of thiophene rings is 1. The summed E-state index contributed by atoms with van der Waals surface area (Å²) >= 11 is 3.16. The second-order valence-corrected chi connectivity index (χ2v) is 21.9. The van der Waals surface area contributed by atoms with Crippen LogP contribution < -0.4 is 19.2 Å². The smallest absolute Gasteiger partial charge is 0.330 e. The highest BCUT2D eigenvalue weighted by Crippen LogP contribution is 2.46. The van der Waals surface area contributed by atoms with Gasteiger partial charge in [0.15, 0.2) is 11.5 Å². The van der Waals surface area contributed by atoms with Crippen LogP contribution in [0.5, 0.6) is 23.0 Å². The Kier molecular flexibility index (Phi) is 25.9. The van der Waals surface area contributed by atoms with Gasteiger partial charge in [0.1, 0.15) is 40.8 Å². The maximum absolute atomic E-state index is 11.8. The van der Waals surface area contributed by atoms with Gasteiger partial charge in [0.2, 0.25) is 0 Å². The fourth-order valence-electron chi connectivity index (χ4n) is 9.95. The fourth-order valence-corrected chi connectivity index (χ4v) is 11.9.